The number of rotatable bonds is 4. The molecule has 0 spiro atoms. The average Bonchev–Trinajstić information content (AvgIpc) is 3.20. The predicted octanol–water partition coefficient (Wildman–Crippen LogP) is 6.03. The lowest BCUT2D eigenvalue weighted by molar-refractivity contribution is -0.146. The predicted molar refractivity (Wildman–Crippen MR) is 130 cm³/mol. The summed E-state index contributed by atoms with van der Waals surface area (Å²) in [5.74, 6) is 0.938. The fourth-order valence-corrected chi connectivity index (χ4v) is 5.20. The van der Waals surface area contributed by atoms with E-state index in [0.717, 1.165) is 28.2 Å². The molecule has 178 valence electrons. The van der Waals surface area contributed by atoms with Crippen molar-refractivity contribution in [2.45, 2.75) is 97.2 Å². The van der Waals surface area contributed by atoms with Gasteiger partial charge in [-0.05, 0) is 56.5 Å². The molecule has 4 atom stereocenters. The number of hydrogen-bond acceptors (Lipinski definition) is 5. The van der Waals surface area contributed by atoms with Crippen molar-refractivity contribution < 1.29 is 23.5 Å². The van der Waals surface area contributed by atoms with Gasteiger partial charge in [0.05, 0.1) is 18.6 Å². The molecule has 6 heteroatoms. The first-order valence-electron chi connectivity index (χ1n) is 11.7. The lowest BCUT2D eigenvalue weighted by Crippen LogP contribution is -2.40. The minimum atomic E-state index is -1.91. The van der Waals surface area contributed by atoms with Crippen LogP contribution in [-0.2, 0) is 27.0 Å². The van der Waals surface area contributed by atoms with E-state index in [1.54, 1.807) is 0 Å². The summed E-state index contributed by atoms with van der Waals surface area (Å²) in [7, 11) is -1.91. The molecule has 0 saturated carbocycles. The number of carbonyl (C=O) groups excluding carboxylic acids is 1. The van der Waals surface area contributed by atoms with E-state index in [2.05, 4.69) is 46.5 Å². The molecule has 1 aromatic rings. The van der Waals surface area contributed by atoms with E-state index in [1.807, 2.05) is 19.9 Å². The Hall–Kier alpha value is -1.63. The van der Waals surface area contributed by atoms with Crippen molar-refractivity contribution in [1.29, 1.82) is 0 Å². The molecule has 0 aromatic carbocycles. The number of carbonyl (C=O) groups is 1. The molecule has 2 aliphatic rings. The molecule has 2 aliphatic heterocycles. The monoisotopic (exact) mass is 460 g/mol. The number of aliphatic hydroxyl groups is 1. The van der Waals surface area contributed by atoms with E-state index in [-0.39, 0.29) is 23.0 Å². The third-order valence-electron chi connectivity index (χ3n) is 7.47. The summed E-state index contributed by atoms with van der Waals surface area (Å²) in [5, 5.41) is 11.0. The second-order valence-corrected chi connectivity index (χ2v) is 16.1. The van der Waals surface area contributed by atoms with Crippen molar-refractivity contribution >= 4 is 20.4 Å². The zero-order chi connectivity index (χ0) is 23.8. The van der Waals surface area contributed by atoms with Crippen LogP contribution in [0.3, 0.4) is 0 Å². The zero-order valence-corrected chi connectivity index (χ0v) is 21.8. The van der Waals surface area contributed by atoms with Crippen molar-refractivity contribution in [3.63, 3.8) is 0 Å². The third-order valence-corrected chi connectivity index (χ3v) is 11.9. The first kappa shape index (κ1) is 25.0. The number of furan rings is 1. The smallest absolute Gasteiger partial charge is 0.311 e. The molecule has 0 aliphatic carbocycles. The molecule has 0 radical (unpaired) electrons. The van der Waals surface area contributed by atoms with E-state index in [9.17, 15) is 9.90 Å². The van der Waals surface area contributed by atoms with Crippen LogP contribution >= 0.6 is 0 Å². The minimum absolute atomic E-state index is 0.00769. The molecule has 4 bridgehead atoms. The largest absolute Gasteiger partial charge is 0.462 e. The first-order valence-corrected chi connectivity index (χ1v) is 14.6. The summed E-state index contributed by atoms with van der Waals surface area (Å²) in [6.07, 6.45) is 3.38. The first-order chi connectivity index (χ1) is 14.8. The second-order valence-electron chi connectivity index (χ2n) is 11.3. The van der Waals surface area contributed by atoms with Gasteiger partial charge in [-0.15, -0.1) is 0 Å². The maximum Gasteiger partial charge on any atom is 0.311 e. The van der Waals surface area contributed by atoms with Crippen molar-refractivity contribution in [2.24, 2.45) is 11.8 Å². The van der Waals surface area contributed by atoms with Gasteiger partial charge >= 0.3 is 5.97 Å². The van der Waals surface area contributed by atoms with Crippen molar-refractivity contribution in [3.05, 3.63) is 40.9 Å². The Balaban J connectivity index is 1.94. The van der Waals surface area contributed by atoms with Gasteiger partial charge in [-0.25, -0.2) is 0 Å². The average molecular weight is 461 g/mol. The summed E-state index contributed by atoms with van der Waals surface area (Å²) in [5.41, 5.74) is 3.12. The van der Waals surface area contributed by atoms with Gasteiger partial charge in [0.2, 0.25) is 0 Å². The van der Waals surface area contributed by atoms with Crippen LogP contribution in [0.5, 0.6) is 0 Å². The minimum Gasteiger partial charge on any atom is -0.462 e. The van der Waals surface area contributed by atoms with Crippen LogP contribution in [0.25, 0.3) is 6.08 Å². The quantitative estimate of drug-likeness (QED) is 0.338. The van der Waals surface area contributed by atoms with E-state index >= 15 is 0 Å². The molecule has 3 rings (SSSR count). The number of hydrogen-bond donors (Lipinski definition) is 1. The van der Waals surface area contributed by atoms with E-state index in [1.165, 1.54) is 0 Å². The molecule has 1 saturated heterocycles. The molecular formula is C26H40O5Si. The lowest BCUT2D eigenvalue weighted by Gasteiger charge is -2.36. The number of allylic oxidation sites excluding steroid dienone is 1. The maximum absolute atomic E-state index is 12.4. The summed E-state index contributed by atoms with van der Waals surface area (Å²) in [4.78, 5) is 12.4. The van der Waals surface area contributed by atoms with E-state index in [4.69, 9.17) is 13.6 Å². The molecular weight excluding hydrogens is 420 g/mol. The highest BCUT2D eigenvalue weighted by Crippen LogP contribution is 2.38. The molecule has 0 amide bonds. The molecule has 1 aromatic heterocycles. The van der Waals surface area contributed by atoms with Gasteiger partial charge in [0, 0.05) is 24.8 Å². The fourth-order valence-electron chi connectivity index (χ4n) is 4.25. The Labute approximate surface area is 194 Å². The SMILES string of the molecule is C=C(C)[C@@H]1Cc2oc(cc2CO[Si](C)(C)C(C)(C)C)/C=C(\C)C[C@@H]2CC(C(=O)O2)[C@H](O)C1. The van der Waals surface area contributed by atoms with Crippen LogP contribution in [-0.4, -0.2) is 31.6 Å². The van der Waals surface area contributed by atoms with Crippen molar-refractivity contribution in [1.82, 2.24) is 0 Å². The standard InChI is InChI=1S/C26H40O5Si/c1-16(2)18-12-23(27)22-14-21(31-25(22)28)10-17(3)9-20-11-19(24(13-18)30-20)15-29-32(7,8)26(4,5)6/h9,11,18,21-23,27H,1,10,12-15H2,2-8H3/b17-9+/t18-,21+,22?,23+/m0/s1. The number of ether oxygens (including phenoxy) is 1. The number of aliphatic hydroxyl groups excluding tert-OH is 1. The summed E-state index contributed by atoms with van der Waals surface area (Å²) in [6.45, 7) is 19.9. The molecule has 3 heterocycles. The van der Waals surface area contributed by atoms with Crippen LogP contribution in [0.15, 0.2) is 28.2 Å². The number of fused-ring (bicyclic) bond motifs is 4. The maximum atomic E-state index is 12.4. The molecule has 32 heavy (non-hydrogen) atoms. The van der Waals surface area contributed by atoms with E-state index in [0.29, 0.717) is 32.3 Å². The zero-order valence-electron chi connectivity index (χ0n) is 20.8. The van der Waals surface area contributed by atoms with Gasteiger partial charge in [-0.1, -0.05) is 38.5 Å². The van der Waals surface area contributed by atoms with Gasteiger partial charge < -0.3 is 18.7 Å². The van der Waals surface area contributed by atoms with Gasteiger partial charge in [0.25, 0.3) is 0 Å². The lowest BCUT2D eigenvalue weighted by atomic mass is 9.84. The van der Waals surface area contributed by atoms with Crippen LogP contribution in [0.4, 0.5) is 0 Å². The highest BCUT2D eigenvalue weighted by molar-refractivity contribution is 6.74. The van der Waals surface area contributed by atoms with Gasteiger partial charge in [0.1, 0.15) is 17.6 Å². The van der Waals surface area contributed by atoms with E-state index < -0.39 is 20.3 Å². The Morgan fingerprint density at radius 2 is 1.97 bits per heavy atom. The molecule has 1 N–H and O–H groups in total. The molecule has 1 unspecified atom stereocenters. The molecule has 5 nitrogen and oxygen atoms in total. The van der Waals surface area contributed by atoms with Crippen molar-refractivity contribution in [3.8, 4) is 0 Å². The van der Waals surface area contributed by atoms with Crippen LogP contribution in [0.1, 0.15) is 71.0 Å². The normalized spacial score (nSPS) is 28.8. The summed E-state index contributed by atoms with van der Waals surface area (Å²) < 4.78 is 18.4. The highest BCUT2D eigenvalue weighted by Gasteiger charge is 2.40. The van der Waals surface area contributed by atoms with Crippen LogP contribution in [0, 0.1) is 11.8 Å². The summed E-state index contributed by atoms with van der Waals surface area (Å²) in [6, 6.07) is 2.08. The number of esters is 1. The molecule has 1 fully saturated rings. The fraction of sp³-hybridized carbons (Fsp3) is 0.654. The Bertz CT molecular complexity index is 889. The van der Waals surface area contributed by atoms with Gasteiger partial charge in [0.15, 0.2) is 8.32 Å². The third kappa shape index (κ3) is 5.64. The van der Waals surface area contributed by atoms with Crippen LogP contribution in [0.2, 0.25) is 18.1 Å². The van der Waals surface area contributed by atoms with Gasteiger partial charge in [-0.3, -0.25) is 4.79 Å². The Kier molecular flexibility index (Phi) is 7.28. The van der Waals surface area contributed by atoms with Crippen LogP contribution < -0.4 is 0 Å². The summed E-state index contributed by atoms with van der Waals surface area (Å²) >= 11 is 0. The second kappa shape index (κ2) is 9.32. The highest BCUT2D eigenvalue weighted by atomic mass is 28.4. The van der Waals surface area contributed by atoms with Crippen molar-refractivity contribution in [2.75, 3.05) is 0 Å². The Morgan fingerprint density at radius 3 is 2.59 bits per heavy atom. The van der Waals surface area contributed by atoms with Gasteiger partial charge in [-0.2, -0.15) is 0 Å². The Morgan fingerprint density at radius 1 is 1.28 bits per heavy atom. The topological polar surface area (TPSA) is 68.9 Å².